The minimum Gasteiger partial charge on any atom is -0.481 e. The van der Waals surface area contributed by atoms with E-state index >= 15 is 0 Å². The lowest BCUT2D eigenvalue weighted by atomic mass is 10.1. The lowest BCUT2D eigenvalue weighted by Crippen LogP contribution is -2.34. The van der Waals surface area contributed by atoms with E-state index in [4.69, 9.17) is 5.11 Å². The van der Waals surface area contributed by atoms with Crippen molar-refractivity contribution in [2.75, 3.05) is 11.4 Å². The largest absolute Gasteiger partial charge is 0.481 e. The number of anilines is 1. The van der Waals surface area contributed by atoms with Crippen molar-refractivity contribution in [2.45, 2.75) is 6.42 Å². The second-order valence-corrected chi connectivity index (χ2v) is 4.22. The van der Waals surface area contributed by atoms with Crippen molar-refractivity contribution in [3.8, 4) is 0 Å². The number of carbonyl (C=O) groups is 2. The van der Waals surface area contributed by atoms with Gasteiger partial charge in [-0.2, -0.15) is 10.1 Å². The summed E-state index contributed by atoms with van der Waals surface area (Å²) >= 11 is 0. The standard InChI is InChI=1S/C12H11N5O5/c18-10(19)4-5-16(12-13-7-14-15-12)11(20)8-2-1-3-9(6-8)17(21)22/h1-3,6-7H,4-5H2,(H,18,19)(H,13,14,15). The van der Waals surface area contributed by atoms with Gasteiger partial charge < -0.3 is 5.11 Å². The van der Waals surface area contributed by atoms with Crippen LogP contribution in [0.1, 0.15) is 16.8 Å². The van der Waals surface area contributed by atoms with Gasteiger partial charge in [0.05, 0.1) is 11.3 Å². The lowest BCUT2D eigenvalue weighted by Gasteiger charge is -2.18. The summed E-state index contributed by atoms with van der Waals surface area (Å²) in [5, 5.41) is 25.6. The Kier molecular flexibility index (Phi) is 4.41. The third kappa shape index (κ3) is 3.42. The van der Waals surface area contributed by atoms with E-state index in [0.29, 0.717) is 0 Å². The van der Waals surface area contributed by atoms with E-state index in [0.717, 1.165) is 11.0 Å². The summed E-state index contributed by atoms with van der Waals surface area (Å²) in [5.74, 6) is -1.63. The van der Waals surface area contributed by atoms with Crippen molar-refractivity contribution in [3.63, 3.8) is 0 Å². The van der Waals surface area contributed by atoms with E-state index in [-0.39, 0.29) is 30.2 Å². The van der Waals surface area contributed by atoms with Gasteiger partial charge in [0, 0.05) is 24.2 Å². The molecule has 0 saturated carbocycles. The predicted octanol–water partition coefficient (Wildman–Crippen LogP) is 0.834. The Morgan fingerprint density at radius 2 is 2.18 bits per heavy atom. The Morgan fingerprint density at radius 3 is 2.77 bits per heavy atom. The smallest absolute Gasteiger partial charge is 0.305 e. The number of amides is 1. The molecule has 0 spiro atoms. The number of aromatic nitrogens is 3. The number of aromatic amines is 1. The highest BCUT2D eigenvalue weighted by Gasteiger charge is 2.22. The van der Waals surface area contributed by atoms with Gasteiger partial charge in [-0.05, 0) is 6.07 Å². The molecular weight excluding hydrogens is 294 g/mol. The van der Waals surface area contributed by atoms with Crippen LogP contribution < -0.4 is 4.90 Å². The fourth-order valence-electron chi connectivity index (χ4n) is 1.75. The third-order valence-corrected chi connectivity index (χ3v) is 2.76. The second kappa shape index (κ2) is 6.43. The SMILES string of the molecule is O=C(O)CCN(C(=O)c1cccc([N+](=O)[O-])c1)c1ncn[nH]1. The van der Waals surface area contributed by atoms with E-state index in [2.05, 4.69) is 15.2 Å². The number of carboxylic acids is 1. The average Bonchev–Trinajstić information content (AvgIpc) is 3.01. The number of hydrogen-bond acceptors (Lipinski definition) is 6. The number of non-ortho nitro benzene ring substituents is 1. The molecule has 1 heterocycles. The number of nitro groups is 1. The van der Waals surface area contributed by atoms with Crippen LogP contribution in [0.4, 0.5) is 11.6 Å². The number of aliphatic carboxylic acids is 1. The number of benzene rings is 1. The molecule has 2 aromatic rings. The van der Waals surface area contributed by atoms with Gasteiger partial charge in [0.1, 0.15) is 6.33 Å². The number of rotatable bonds is 6. The summed E-state index contributed by atoms with van der Waals surface area (Å²) in [6.07, 6.45) is 0.866. The molecule has 0 radical (unpaired) electrons. The van der Waals surface area contributed by atoms with E-state index in [1.54, 1.807) is 0 Å². The second-order valence-electron chi connectivity index (χ2n) is 4.22. The van der Waals surface area contributed by atoms with E-state index in [1.807, 2.05) is 0 Å². The van der Waals surface area contributed by atoms with E-state index in [1.165, 1.54) is 24.5 Å². The van der Waals surface area contributed by atoms with Gasteiger partial charge in [0.2, 0.25) is 5.95 Å². The maximum atomic E-state index is 12.5. The van der Waals surface area contributed by atoms with E-state index in [9.17, 15) is 19.7 Å². The summed E-state index contributed by atoms with van der Waals surface area (Å²) < 4.78 is 0. The summed E-state index contributed by atoms with van der Waals surface area (Å²) in [4.78, 5) is 38.2. The number of nitro benzene ring substituents is 1. The number of nitrogens with zero attached hydrogens (tertiary/aromatic N) is 4. The Morgan fingerprint density at radius 1 is 1.41 bits per heavy atom. The van der Waals surface area contributed by atoms with Crippen LogP contribution in [0.3, 0.4) is 0 Å². The van der Waals surface area contributed by atoms with Gasteiger partial charge in [-0.1, -0.05) is 6.07 Å². The maximum absolute atomic E-state index is 12.5. The summed E-state index contributed by atoms with van der Waals surface area (Å²) in [5.41, 5.74) is -0.183. The van der Waals surface area contributed by atoms with Gasteiger partial charge in [0.15, 0.2) is 0 Å². The van der Waals surface area contributed by atoms with E-state index < -0.39 is 16.8 Å². The highest BCUT2D eigenvalue weighted by molar-refractivity contribution is 6.05. The molecule has 0 aliphatic heterocycles. The maximum Gasteiger partial charge on any atom is 0.305 e. The third-order valence-electron chi connectivity index (χ3n) is 2.76. The van der Waals surface area contributed by atoms with Gasteiger partial charge in [-0.25, -0.2) is 5.10 Å². The first-order valence-electron chi connectivity index (χ1n) is 6.12. The molecule has 1 aromatic heterocycles. The number of carbonyl (C=O) groups excluding carboxylic acids is 1. The average molecular weight is 305 g/mol. The van der Waals surface area contributed by atoms with Crippen LogP contribution in [0.25, 0.3) is 0 Å². The Labute approximate surface area is 123 Å². The van der Waals surface area contributed by atoms with Gasteiger partial charge in [-0.3, -0.25) is 24.6 Å². The summed E-state index contributed by atoms with van der Waals surface area (Å²) in [6.45, 7) is -0.147. The zero-order valence-electron chi connectivity index (χ0n) is 11.2. The fraction of sp³-hybridized carbons (Fsp3) is 0.167. The molecule has 0 atom stereocenters. The molecule has 2 rings (SSSR count). The first kappa shape index (κ1) is 15.1. The van der Waals surface area contributed by atoms with Crippen molar-refractivity contribution in [3.05, 3.63) is 46.3 Å². The number of carboxylic acid groups (broad SMARTS) is 1. The first-order valence-corrected chi connectivity index (χ1v) is 6.12. The number of nitrogens with one attached hydrogen (secondary N) is 1. The molecule has 10 heteroatoms. The van der Waals surface area contributed by atoms with Crippen LogP contribution in [0, 0.1) is 10.1 Å². The van der Waals surface area contributed by atoms with Crippen molar-refractivity contribution >= 4 is 23.5 Å². The predicted molar refractivity (Wildman–Crippen MR) is 73.4 cm³/mol. The topological polar surface area (TPSA) is 142 Å². The van der Waals surface area contributed by atoms with Gasteiger partial charge in [-0.15, -0.1) is 0 Å². The number of H-pyrrole nitrogens is 1. The molecule has 1 amide bonds. The molecule has 0 fully saturated rings. The molecule has 10 nitrogen and oxygen atoms in total. The molecule has 0 saturated heterocycles. The molecule has 0 unspecified atom stereocenters. The summed E-state index contributed by atoms with van der Waals surface area (Å²) in [7, 11) is 0. The van der Waals surface area contributed by atoms with Crippen molar-refractivity contribution in [2.24, 2.45) is 0 Å². The molecule has 1 aromatic carbocycles. The van der Waals surface area contributed by atoms with Crippen molar-refractivity contribution < 1.29 is 19.6 Å². The molecule has 0 bridgehead atoms. The fourth-order valence-corrected chi connectivity index (χ4v) is 1.75. The van der Waals surface area contributed by atoms with Crippen LogP contribution in [-0.4, -0.2) is 43.6 Å². The molecule has 2 N–H and O–H groups in total. The van der Waals surface area contributed by atoms with Crippen molar-refractivity contribution in [1.29, 1.82) is 0 Å². The minimum absolute atomic E-state index is 0.0518. The highest BCUT2D eigenvalue weighted by Crippen LogP contribution is 2.17. The Bertz CT molecular complexity index is 700. The van der Waals surface area contributed by atoms with Crippen LogP contribution in [0.2, 0.25) is 0 Å². The molecule has 0 aliphatic carbocycles. The van der Waals surface area contributed by atoms with Crippen molar-refractivity contribution in [1.82, 2.24) is 15.2 Å². The lowest BCUT2D eigenvalue weighted by molar-refractivity contribution is -0.384. The molecule has 0 aliphatic rings. The highest BCUT2D eigenvalue weighted by atomic mass is 16.6. The molecular formula is C12H11N5O5. The normalized spacial score (nSPS) is 10.2. The van der Waals surface area contributed by atoms with Gasteiger partial charge in [0.25, 0.3) is 11.6 Å². The molecule has 114 valence electrons. The number of hydrogen-bond donors (Lipinski definition) is 2. The zero-order valence-corrected chi connectivity index (χ0v) is 11.2. The molecule has 22 heavy (non-hydrogen) atoms. The monoisotopic (exact) mass is 305 g/mol. The first-order chi connectivity index (χ1) is 10.5. The van der Waals surface area contributed by atoms with Crippen LogP contribution >= 0.6 is 0 Å². The van der Waals surface area contributed by atoms with Gasteiger partial charge >= 0.3 is 5.97 Å². The Balaban J connectivity index is 2.30. The minimum atomic E-state index is -1.09. The Hall–Kier alpha value is -3.30. The zero-order chi connectivity index (χ0) is 16.1. The van der Waals surface area contributed by atoms with Crippen LogP contribution in [0.5, 0.6) is 0 Å². The quantitative estimate of drug-likeness (QED) is 0.594. The van der Waals surface area contributed by atoms with Crippen LogP contribution in [0.15, 0.2) is 30.6 Å². The van der Waals surface area contributed by atoms with Crippen LogP contribution in [-0.2, 0) is 4.79 Å². The summed E-state index contributed by atoms with van der Waals surface area (Å²) in [6, 6.07) is 5.15.